The molecule has 0 saturated carbocycles. The van der Waals surface area contributed by atoms with Crippen LogP contribution in [0.1, 0.15) is 34.0 Å². The molecule has 0 aliphatic carbocycles. The molecule has 4 heteroatoms. The molecule has 1 aromatic carbocycles. The fourth-order valence-electron chi connectivity index (χ4n) is 2.93. The number of anilines is 1. The Morgan fingerprint density at radius 2 is 1.95 bits per heavy atom. The average molecular weight is 301 g/mol. The summed E-state index contributed by atoms with van der Waals surface area (Å²) in [7, 11) is 0. The lowest BCUT2D eigenvalue weighted by Crippen LogP contribution is -2.19. The van der Waals surface area contributed by atoms with Gasteiger partial charge >= 0.3 is 0 Å². The van der Waals surface area contributed by atoms with Gasteiger partial charge < -0.3 is 5.32 Å². The fraction of sp³-hybridized carbons (Fsp3) is 0.471. The minimum Gasteiger partial charge on any atom is -0.380 e. The largest absolute Gasteiger partial charge is 0.380 e. The maximum Gasteiger partial charge on any atom is 0.0900 e. The average Bonchev–Trinajstić information content (AvgIpc) is 3.08. The lowest BCUT2D eigenvalue weighted by molar-refractivity contribution is 0.332. The van der Waals surface area contributed by atoms with E-state index in [0.29, 0.717) is 0 Å². The van der Waals surface area contributed by atoms with Gasteiger partial charge in [-0.1, -0.05) is 18.2 Å². The molecule has 1 N–H and O–H groups in total. The number of benzene rings is 1. The van der Waals surface area contributed by atoms with Gasteiger partial charge in [-0.2, -0.15) is 0 Å². The first kappa shape index (κ1) is 14.5. The molecule has 0 spiro atoms. The third kappa shape index (κ3) is 3.63. The van der Waals surface area contributed by atoms with Crippen molar-refractivity contribution in [3.05, 3.63) is 45.4 Å². The van der Waals surface area contributed by atoms with E-state index in [1.807, 2.05) is 0 Å². The SMILES string of the molecule is Cc1nc(C)c(CNc2ccccc2CN2CCCC2)s1. The summed E-state index contributed by atoms with van der Waals surface area (Å²) in [4.78, 5) is 8.38. The number of rotatable bonds is 5. The maximum absolute atomic E-state index is 4.50. The third-order valence-corrected chi connectivity index (χ3v) is 5.12. The van der Waals surface area contributed by atoms with Crippen LogP contribution in [-0.2, 0) is 13.1 Å². The minimum atomic E-state index is 0.869. The van der Waals surface area contributed by atoms with E-state index in [2.05, 4.69) is 53.3 Å². The molecule has 0 radical (unpaired) electrons. The Kier molecular flexibility index (Phi) is 4.56. The topological polar surface area (TPSA) is 28.2 Å². The molecule has 112 valence electrons. The second-order valence-electron chi connectivity index (χ2n) is 5.74. The zero-order valence-electron chi connectivity index (χ0n) is 12.9. The summed E-state index contributed by atoms with van der Waals surface area (Å²) in [5.74, 6) is 0. The van der Waals surface area contributed by atoms with Gasteiger partial charge in [0, 0.05) is 17.1 Å². The lowest BCUT2D eigenvalue weighted by Gasteiger charge is -2.18. The van der Waals surface area contributed by atoms with Gasteiger partial charge in [0.15, 0.2) is 0 Å². The van der Waals surface area contributed by atoms with E-state index in [1.165, 1.54) is 42.1 Å². The molecule has 1 aliphatic heterocycles. The number of likely N-dealkylation sites (tertiary alicyclic amines) is 1. The van der Waals surface area contributed by atoms with Crippen molar-refractivity contribution in [2.24, 2.45) is 0 Å². The Morgan fingerprint density at radius 1 is 1.19 bits per heavy atom. The number of hydrogen-bond donors (Lipinski definition) is 1. The van der Waals surface area contributed by atoms with E-state index in [4.69, 9.17) is 0 Å². The van der Waals surface area contributed by atoms with Gasteiger partial charge in [-0.3, -0.25) is 4.90 Å². The van der Waals surface area contributed by atoms with Gasteiger partial charge in [-0.05, 0) is 51.4 Å². The first-order valence-corrected chi connectivity index (χ1v) is 8.51. The maximum atomic E-state index is 4.50. The monoisotopic (exact) mass is 301 g/mol. The van der Waals surface area contributed by atoms with Gasteiger partial charge in [0.1, 0.15) is 0 Å². The number of thiazole rings is 1. The summed E-state index contributed by atoms with van der Waals surface area (Å²) in [5, 5.41) is 4.75. The molecule has 3 nitrogen and oxygen atoms in total. The van der Waals surface area contributed by atoms with Gasteiger partial charge in [0.2, 0.25) is 0 Å². The van der Waals surface area contributed by atoms with E-state index in [9.17, 15) is 0 Å². The van der Waals surface area contributed by atoms with E-state index < -0.39 is 0 Å². The van der Waals surface area contributed by atoms with Crippen LogP contribution in [0.2, 0.25) is 0 Å². The Bertz CT molecular complexity index is 600. The van der Waals surface area contributed by atoms with Crippen LogP contribution >= 0.6 is 11.3 Å². The molecule has 0 atom stereocenters. The highest BCUT2D eigenvalue weighted by Gasteiger charge is 2.13. The quantitative estimate of drug-likeness (QED) is 0.906. The highest BCUT2D eigenvalue weighted by molar-refractivity contribution is 7.11. The zero-order chi connectivity index (χ0) is 14.7. The van der Waals surface area contributed by atoms with Crippen LogP contribution in [-0.4, -0.2) is 23.0 Å². The number of nitrogens with zero attached hydrogens (tertiary/aromatic N) is 2. The Hall–Kier alpha value is -1.39. The van der Waals surface area contributed by atoms with Crippen LogP contribution < -0.4 is 5.32 Å². The zero-order valence-corrected chi connectivity index (χ0v) is 13.7. The standard InChI is InChI=1S/C17H23N3S/c1-13-17(21-14(2)19-13)11-18-16-8-4-3-7-15(16)12-20-9-5-6-10-20/h3-4,7-8,18H,5-6,9-12H2,1-2H3. The second kappa shape index (κ2) is 6.58. The molecule has 1 aromatic heterocycles. The van der Waals surface area contributed by atoms with Crippen LogP contribution in [0.5, 0.6) is 0 Å². The van der Waals surface area contributed by atoms with Crippen LogP contribution in [0.3, 0.4) is 0 Å². The summed E-state index contributed by atoms with van der Waals surface area (Å²) in [6.07, 6.45) is 2.68. The number of para-hydroxylation sites is 1. The molecule has 2 aromatic rings. The first-order chi connectivity index (χ1) is 10.2. The molecule has 1 fully saturated rings. The van der Waals surface area contributed by atoms with Crippen LogP contribution in [0.15, 0.2) is 24.3 Å². The van der Waals surface area contributed by atoms with Crippen LogP contribution in [0.25, 0.3) is 0 Å². The third-order valence-electron chi connectivity index (χ3n) is 4.05. The van der Waals surface area contributed by atoms with E-state index in [0.717, 1.165) is 23.8 Å². The molecule has 1 saturated heterocycles. The number of nitrogens with one attached hydrogen (secondary N) is 1. The van der Waals surface area contributed by atoms with Crippen molar-refractivity contribution in [1.29, 1.82) is 0 Å². The summed E-state index contributed by atoms with van der Waals surface area (Å²) in [6, 6.07) is 8.68. The van der Waals surface area contributed by atoms with E-state index in [1.54, 1.807) is 11.3 Å². The van der Waals surface area contributed by atoms with Gasteiger partial charge in [-0.15, -0.1) is 11.3 Å². The Balaban J connectivity index is 1.68. The number of hydrogen-bond acceptors (Lipinski definition) is 4. The van der Waals surface area contributed by atoms with Crippen molar-refractivity contribution in [1.82, 2.24) is 9.88 Å². The number of aryl methyl sites for hydroxylation is 2. The summed E-state index contributed by atoms with van der Waals surface area (Å²) in [6.45, 7) is 8.57. The molecular formula is C17H23N3S. The van der Waals surface area contributed by atoms with Crippen molar-refractivity contribution in [2.75, 3.05) is 18.4 Å². The minimum absolute atomic E-state index is 0.869. The van der Waals surface area contributed by atoms with Crippen molar-refractivity contribution < 1.29 is 0 Å². The lowest BCUT2D eigenvalue weighted by atomic mass is 10.1. The fourth-order valence-corrected chi connectivity index (χ4v) is 3.80. The highest BCUT2D eigenvalue weighted by Crippen LogP contribution is 2.23. The Morgan fingerprint density at radius 3 is 2.67 bits per heavy atom. The van der Waals surface area contributed by atoms with E-state index in [-0.39, 0.29) is 0 Å². The van der Waals surface area contributed by atoms with Gasteiger partial charge in [0.25, 0.3) is 0 Å². The van der Waals surface area contributed by atoms with Crippen molar-refractivity contribution in [3.63, 3.8) is 0 Å². The first-order valence-electron chi connectivity index (χ1n) is 7.69. The molecule has 0 unspecified atom stereocenters. The van der Waals surface area contributed by atoms with E-state index >= 15 is 0 Å². The summed E-state index contributed by atoms with van der Waals surface area (Å²) in [5.41, 5.74) is 3.81. The molecule has 21 heavy (non-hydrogen) atoms. The number of aromatic nitrogens is 1. The van der Waals surface area contributed by atoms with Gasteiger partial charge in [-0.25, -0.2) is 4.98 Å². The Labute approximate surface area is 131 Å². The smallest absolute Gasteiger partial charge is 0.0900 e. The molecule has 1 aliphatic rings. The van der Waals surface area contributed by atoms with Gasteiger partial charge in [0.05, 0.1) is 17.2 Å². The highest BCUT2D eigenvalue weighted by atomic mass is 32.1. The van der Waals surface area contributed by atoms with Crippen molar-refractivity contribution in [3.8, 4) is 0 Å². The van der Waals surface area contributed by atoms with Crippen molar-refractivity contribution in [2.45, 2.75) is 39.8 Å². The molecule has 3 rings (SSSR count). The molecular weight excluding hydrogens is 278 g/mol. The summed E-state index contributed by atoms with van der Waals surface area (Å²) < 4.78 is 0. The second-order valence-corrected chi connectivity index (χ2v) is 7.02. The molecule has 0 amide bonds. The predicted octanol–water partition coefficient (Wildman–Crippen LogP) is 3.97. The van der Waals surface area contributed by atoms with Crippen LogP contribution in [0, 0.1) is 13.8 Å². The van der Waals surface area contributed by atoms with Crippen LogP contribution in [0.4, 0.5) is 5.69 Å². The summed E-state index contributed by atoms with van der Waals surface area (Å²) >= 11 is 1.79. The van der Waals surface area contributed by atoms with Crippen molar-refractivity contribution >= 4 is 17.0 Å². The molecule has 2 heterocycles. The predicted molar refractivity (Wildman–Crippen MR) is 89.9 cm³/mol. The normalized spacial score (nSPS) is 15.5. The molecule has 0 bridgehead atoms.